The average molecular weight is 237 g/mol. The fourth-order valence-electron chi connectivity index (χ4n) is 2.05. The number of hydrogen-bond acceptors (Lipinski definition) is 3. The van der Waals surface area contributed by atoms with Gasteiger partial charge in [-0.1, -0.05) is 31.7 Å². The van der Waals surface area contributed by atoms with Gasteiger partial charge in [0.15, 0.2) is 0 Å². The molecule has 0 amide bonds. The van der Waals surface area contributed by atoms with Crippen LogP contribution in [0, 0.1) is 0 Å². The van der Waals surface area contributed by atoms with Crippen molar-refractivity contribution in [3.05, 3.63) is 23.8 Å². The Bertz CT molecular complexity index is 365. The van der Waals surface area contributed by atoms with Crippen molar-refractivity contribution in [1.29, 1.82) is 0 Å². The normalized spacial score (nSPS) is 16.0. The van der Waals surface area contributed by atoms with Crippen LogP contribution in [0.3, 0.4) is 0 Å². The third-order valence-electron chi connectivity index (χ3n) is 2.60. The molecule has 1 aliphatic heterocycles. The Morgan fingerprint density at radius 3 is 2.94 bits per heavy atom. The first-order valence-electron chi connectivity index (χ1n) is 5.79. The molecule has 1 atom stereocenters. The van der Waals surface area contributed by atoms with Gasteiger partial charge in [-0.2, -0.15) is 0 Å². The smallest absolute Gasteiger partial charge is 0.138 e. The maximum atomic E-state index is 5.47. The van der Waals surface area contributed by atoms with Gasteiger partial charge in [-0.25, -0.2) is 0 Å². The summed E-state index contributed by atoms with van der Waals surface area (Å²) in [5, 5.41) is 3.52. The minimum absolute atomic E-state index is 0.519. The summed E-state index contributed by atoms with van der Waals surface area (Å²) in [5.41, 5.74) is 1.39. The number of hydrogen-bond donors (Lipinski definition) is 1. The number of ether oxygens (including phenoxy) is 1. The Kier molecular flexibility index (Phi) is 3.77. The van der Waals surface area contributed by atoms with E-state index in [0.717, 1.165) is 18.1 Å². The molecule has 1 aromatic rings. The second-order valence-corrected chi connectivity index (χ2v) is 5.58. The molecule has 88 valence electrons. The Morgan fingerprint density at radius 1 is 1.38 bits per heavy atom. The van der Waals surface area contributed by atoms with Gasteiger partial charge >= 0.3 is 0 Å². The Hall–Kier alpha value is -0.670. The summed E-state index contributed by atoms with van der Waals surface area (Å²) < 4.78 is 5.47. The second-order valence-electron chi connectivity index (χ2n) is 4.61. The SMILES string of the molecule is CC(C)NC(C)Cc1ccc2c(c1)SCO2. The van der Waals surface area contributed by atoms with Gasteiger partial charge in [-0.3, -0.25) is 0 Å². The van der Waals surface area contributed by atoms with Crippen molar-refractivity contribution in [1.82, 2.24) is 5.32 Å². The number of thioether (sulfide) groups is 1. The van der Waals surface area contributed by atoms with Gasteiger partial charge in [0.2, 0.25) is 0 Å². The van der Waals surface area contributed by atoms with E-state index >= 15 is 0 Å². The highest BCUT2D eigenvalue weighted by molar-refractivity contribution is 7.99. The van der Waals surface area contributed by atoms with Gasteiger partial charge in [0.25, 0.3) is 0 Å². The molecule has 0 spiro atoms. The van der Waals surface area contributed by atoms with Crippen LogP contribution < -0.4 is 10.1 Å². The monoisotopic (exact) mass is 237 g/mol. The highest BCUT2D eigenvalue weighted by atomic mass is 32.2. The third-order valence-corrected chi connectivity index (χ3v) is 3.46. The molecule has 1 N–H and O–H groups in total. The molecule has 0 aromatic heterocycles. The Labute approximate surface area is 102 Å². The lowest BCUT2D eigenvalue weighted by Gasteiger charge is -2.17. The van der Waals surface area contributed by atoms with Gasteiger partial charge in [0.1, 0.15) is 11.7 Å². The summed E-state index contributed by atoms with van der Waals surface area (Å²) in [6.07, 6.45) is 1.08. The lowest BCUT2D eigenvalue weighted by molar-refractivity contribution is 0.397. The van der Waals surface area contributed by atoms with E-state index in [0.29, 0.717) is 12.1 Å². The van der Waals surface area contributed by atoms with Crippen LogP contribution in [0.4, 0.5) is 0 Å². The zero-order valence-corrected chi connectivity index (χ0v) is 10.9. The van der Waals surface area contributed by atoms with Crippen molar-refractivity contribution in [2.75, 3.05) is 5.94 Å². The molecule has 0 bridgehead atoms. The van der Waals surface area contributed by atoms with Gasteiger partial charge in [-0.05, 0) is 31.0 Å². The van der Waals surface area contributed by atoms with Crippen LogP contribution >= 0.6 is 11.8 Å². The van der Waals surface area contributed by atoms with Gasteiger partial charge < -0.3 is 10.1 Å². The molecule has 1 heterocycles. The fourth-order valence-corrected chi connectivity index (χ4v) is 2.87. The van der Waals surface area contributed by atoms with E-state index in [1.165, 1.54) is 10.5 Å². The maximum absolute atomic E-state index is 5.47. The Morgan fingerprint density at radius 2 is 2.19 bits per heavy atom. The maximum Gasteiger partial charge on any atom is 0.138 e. The summed E-state index contributed by atoms with van der Waals surface area (Å²) in [7, 11) is 0. The molecule has 0 fully saturated rings. The van der Waals surface area contributed by atoms with Crippen LogP contribution in [0.5, 0.6) is 5.75 Å². The van der Waals surface area contributed by atoms with Crippen molar-refractivity contribution in [2.45, 2.75) is 44.2 Å². The lowest BCUT2D eigenvalue weighted by Crippen LogP contribution is -2.33. The van der Waals surface area contributed by atoms with Crippen molar-refractivity contribution in [2.24, 2.45) is 0 Å². The lowest BCUT2D eigenvalue weighted by atomic mass is 10.1. The standard InChI is InChI=1S/C13H19NOS/c1-9(2)14-10(3)6-11-4-5-12-13(7-11)16-8-15-12/h4-5,7,9-10,14H,6,8H2,1-3H3. The average Bonchev–Trinajstić information content (AvgIpc) is 2.63. The molecule has 0 radical (unpaired) electrons. The number of nitrogens with one attached hydrogen (secondary N) is 1. The summed E-state index contributed by atoms with van der Waals surface area (Å²) in [5.74, 6) is 1.80. The molecule has 2 nitrogen and oxygen atoms in total. The summed E-state index contributed by atoms with van der Waals surface area (Å²) >= 11 is 1.78. The number of rotatable bonds is 4. The van der Waals surface area contributed by atoms with E-state index in [1.807, 2.05) is 0 Å². The van der Waals surface area contributed by atoms with Crippen LogP contribution in [0.2, 0.25) is 0 Å². The second kappa shape index (κ2) is 5.11. The first-order valence-corrected chi connectivity index (χ1v) is 6.78. The van der Waals surface area contributed by atoms with Gasteiger partial charge in [0, 0.05) is 12.1 Å². The summed E-state index contributed by atoms with van der Waals surface area (Å²) in [4.78, 5) is 1.29. The quantitative estimate of drug-likeness (QED) is 0.869. The summed E-state index contributed by atoms with van der Waals surface area (Å²) in [6, 6.07) is 7.58. The topological polar surface area (TPSA) is 21.3 Å². The predicted molar refractivity (Wildman–Crippen MR) is 69.2 cm³/mol. The minimum atomic E-state index is 0.519. The molecule has 1 aliphatic rings. The molecule has 0 aliphatic carbocycles. The molecule has 3 heteroatoms. The third kappa shape index (κ3) is 2.92. The van der Waals surface area contributed by atoms with Gasteiger partial charge in [0.05, 0.1) is 4.90 Å². The Balaban J connectivity index is 1.99. The van der Waals surface area contributed by atoms with Crippen LogP contribution in [-0.2, 0) is 6.42 Å². The zero-order valence-electron chi connectivity index (χ0n) is 10.1. The van der Waals surface area contributed by atoms with E-state index in [4.69, 9.17) is 4.74 Å². The predicted octanol–water partition coefficient (Wildman–Crippen LogP) is 3.06. The molecule has 2 rings (SSSR count). The summed E-state index contributed by atoms with van der Waals surface area (Å²) in [6.45, 7) is 6.60. The molecule has 16 heavy (non-hydrogen) atoms. The largest absolute Gasteiger partial charge is 0.481 e. The first-order chi connectivity index (χ1) is 7.65. The molecule has 1 aromatic carbocycles. The number of benzene rings is 1. The van der Waals surface area contributed by atoms with E-state index in [2.05, 4.69) is 44.3 Å². The van der Waals surface area contributed by atoms with Crippen LogP contribution in [0.15, 0.2) is 23.1 Å². The molecular weight excluding hydrogens is 218 g/mol. The van der Waals surface area contributed by atoms with Crippen molar-refractivity contribution in [3.63, 3.8) is 0 Å². The van der Waals surface area contributed by atoms with Gasteiger partial charge in [-0.15, -0.1) is 0 Å². The first kappa shape index (κ1) is 11.8. The van der Waals surface area contributed by atoms with E-state index < -0.39 is 0 Å². The van der Waals surface area contributed by atoms with Crippen molar-refractivity contribution in [3.8, 4) is 5.75 Å². The van der Waals surface area contributed by atoms with Crippen LogP contribution in [0.25, 0.3) is 0 Å². The molecule has 0 saturated heterocycles. The molecule has 1 unspecified atom stereocenters. The van der Waals surface area contributed by atoms with Crippen molar-refractivity contribution < 1.29 is 4.74 Å². The highest BCUT2D eigenvalue weighted by Crippen LogP contribution is 2.36. The zero-order chi connectivity index (χ0) is 11.5. The van der Waals surface area contributed by atoms with Crippen molar-refractivity contribution >= 4 is 11.8 Å². The van der Waals surface area contributed by atoms with E-state index in [9.17, 15) is 0 Å². The molecular formula is C13H19NOS. The minimum Gasteiger partial charge on any atom is -0.481 e. The molecule has 0 saturated carbocycles. The van der Waals surface area contributed by atoms with Crippen LogP contribution in [-0.4, -0.2) is 18.0 Å². The number of fused-ring (bicyclic) bond motifs is 1. The fraction of sp³-hybridized carbons (Fsp3) is 0.538. The van der Waals surface area contributed by atoms with E-state index in [1.54, 1.807) is 11.8 Å². The highest BCUT2D eigenvalue weighted by Gasteiger charge is 2.13. The van der Waals surface area contributed by atoms with Crippen LogP contribution in [0.1, 0.15) is 26.3 Å². The van der Waals surface area contributed by atoms with E-state index in [-0.39, 0.29) is 0 Å².